The standard InChI is InChI=1S/C15H18N2/c1-2-16-10-13-11-6-3-4-8-14(11)17-15-9-5-7-12(13)15/h3-4,6,8,16H,2,5,7,9-10H2,1H3. The first-order chi connectivity index (χ1) is 8.40. The lowest BCUT2D eigenvalue weighted by molar-refractivity contribution is 0.724. The number of nitrogens with zero attached hydrogens (tertiary/aromatic N) is 1. The van der Waals surface area contributed by atoms with Crippen LogP contribution in [0.2, 0.25) is 0 Å². The summed E-state index contributed by atoms with van der Waals surface area (Å²) in [6.07, 6.45) is 3.62. The van der Waals surface area contributed by atoms with Crippen molar-refractivity contribution >= 4 is 10.9 Å². The van der Waals surface area contributed by atoms with Gasteiger partial charge in [0.2, 0.25) is 0 Å². The van der Waals surface area contributed by atoms with Crippen molar-refractivity contribution in [2.24, 2.45) is 0 Å². The molecule has 0 amide bonds. The van der Waals surface area contributed by atoms with Gasteiger partial charge in [0.15, 0.2) is 0 Å². The minimum atomic E-state index is 0.974. The fraction of sp³-hybridized carbons (Fsp3) is 0.400. The van der Waals surface area contributed by atoms with Crippen molar-refractivity contribution in [1.29, 1.82) is 0 Å². The maximum Gasteiger partial charge on any atom is 0.0708 e. The Kier molecular flexibility index (Phi) is 2.81. The number of pyridine rings is 1. The van der Waals surface area contributed by atoms with E-state index in [-0.39, 0.29) is 0 Å². The molecular formula is C15H18N2. The molecule has 1 N–H and O–H groups in total. The Labute approximate surface area is 102 Å². The van der Waals surface area contributed by atoms with Gasteiger partial charge in [0.25, 0.3) is 0 Å². The van der Waals surface area contributed by atoms with E-state index in [9.17, 15) is 0 Å². The van der Waals surface area contributed by atoms with E-state index >= 15 is 0 Å². The zero-order valence-electron chi connectivity index (χ0n) is 10.3. The average Bonchev–Trinajstić information content (AvgIpc) is 2.82. The molecule has 1 aromatic carbocycles. The molecule has 2 aromatic rings. The van der Waals surface area contributed by atoms with Crippen molar-refractivity contribution < 1.29 is 0 Å². The number of para-hydroxylation sites is 1. The smallest absolute Gasteiger partial charge is 0.0708 e. The number of hydrogen-bond donors (Lipinski definition) is 1. The normalized spacial score (nSPS) is 14.2. The topological polar surface area (TPSA) is 24.9 Å². The predicted octanol–water partition coefficient (Wildman–Crippen LogP) is 2.83. The van der Waals surface area contributed by atoms with Crippen LogP contribution in [0.15, 0.2) is 24.3 Å². The maximum absolute atomic E-state index is 4.80. The molecule has 1 aliphatic rings. The van der Waals surface area contributed by atoms with Gasteiger partial charge in [-0.3, -0.25) is 4.98 Å². The SMILES string of the molecule is CCNCc1c2c(nc3ccccc13)CCC2. The van der Waals surface area contributed by atoms with Gasteiger partial charge in [-0.1, -0.05) is 25.1 Å². The largest absolute Gasteiger partial charge is 0.313 e. The highest BCUT2D eigenvalue weighted by molar-refractivity contribution is 5.84. The first kappa shape index (κ1) is 10.7. The first-order valence-corrected chi connectivity index (χ1v) is 6.50. The Morgan fingerprint density at radius 1 is 1.24 bits per heavy atom. The van der Waals surface area contributed by atoms with Gasteiger partial charge in [0.1, 0.15) is 0 Å². The molecule has 0 unspecified atom stereocenters. The molecule has 2 nitrogen and oxygen atoms in total. The fourth-order valence-electron chi connectivity index (χ4n) is 2.76. The van der Waals surface area contributed by atoms with Crippen LogP contribution in [0.25, 0.3) is 10.9 Å². The molecule has 1 heterocycles. The molecule has 1 aliphatic carbocycles. The highest BCUT2D eigenvalue weighted by atomic mass is 14.8. The molecule has 0 radical (unpaired) electrons. The average molecular weight is 226 g/mol. The monoisotopic (exact) mass is 226 g/mol. The molecule has 0 aliphatic heterocycles. The zero-order chi connectivity index (χ0) is 11.7. The van der Waals surface area contributed by atoms with Crippen LogP contribution in [0, 0.1) is 0 Å². The molecular weight excluding hydrogens is 208 g/mol. The van der Waals surface area contributed by atoms with Gasteiger partial charge in [-0.25, -0.2) is 0 Å². The second-order valence-electron chi connectivity index (χ2n) is 4.67. The highest BCUT2D eigenvalue weighted by Crippen LogP contribution is 2.29. The van der Waals surface area contributed by atoms with E-state index in [1.165, 1.54) is 35.0 Å². The van der Waals surface area contributed by atoms with Crippen molar-refractivity contribution in [3.05, 3.63) is 41.1 Å². The molecule has 88 valence electrons. The number of benzene rings is 1. The summed E-state index contributed by atoms with van der Waals surface area (Å²) >= 11 is 0. The van der Waals surface area contributed by atoms with Crippen molar-refractivity contribution in [2.75, 3.05) is 6.54 Å². The van der Waals surface area contributed by atoms with E-state index < -0.39 is 0 Å². The molecule has 0 bridgehead atoms. The van der Waals surface area contributed by atoms with Crippen LogP contribution in [0.3, 0.4) is 0 Å². The summed E-state index contributed by atoms with van der Waals surface area (Å²) in [6, 6.07) is 8.52. The Bertz CT molecular complexity index is 546. The second-order valence-corrected chi connectivity index (χ2v) is 4.67. The van der Waals surface area contributed by atoms with Gasteiger partial charge in [-0.05, 0) is 43.0 Å². The van der Waals surface area contributed by atoms with Crippen molar-refractivity contribution in [3.8, 4) is 0 Å². The molecule has 17 heavy (non-hydrogen) atoms. The minimum absolute atomic E-state index is 0.974. The van der Waals surface area contributed by atoms with Gasteiger partial charge in [0.05, 0.1) is 5.52 Å². The van der Waals surface area contributed by atoms with Gasteiger partial charge in [-0.15, -0.1) is 0 Å². The van der Waals surface area contributed by atoms with Crippen LogP contribution < -0.4 is 5.32 Å². The molecule has 0 atom stereocenters. The number of aryl methyl sites for hydroxylation is 1. The number of hydrogen-bond acceptors (Lipinski definition) is 2. The molecule has 0 spiro atoms. The summed E-state index contributed by atoms with van der Waals surface area (Å²) in [4.78, 5) is 4.80. The van der Waals surface area contributed by atoms with Gasteiger partial charge in [0, 0.05) is 17.6 Å². The maximum atomic E-state index is 4.80. The third kappa shape index (κ3) is 1.83. The van der Waals surface area contributed by atoms with E-state index in [1.807, 2.05) is 0 Å². The number of nitrogens with one attached hydrogen (secondary N) is 1. The van der Waals surface area contributed by atoms with Crippen LogP contribution in [0.4, 0.5) is 0 Å². The summed E-state index contributed by atoms with van der Waals surface area (Å²) in [5, 5.41) is 4.79. The quantitative estimate of drug-likeness (QED) is 0.870. The van der Waals surface area contributed by atoms with Crippen LogP contribution >= 0.6 is 0 Å². The van der Waals surface area contributed by atoms with Crippen molar-refractivity contribution in [2.45, 2.75) is 32.7 Å². The third-order valence-corrected chi connectivity index (χ3v) is 3.59. The zero-order valence-corrected chi connectivity index (χ0v) is 10.3. The fourth-order valence-corrected chi connectivity index (χ4v) is 2.76. The summed E-state index contributed by atoms with van der Waals surface area (Å²) in [7, 11) is 0. The van der Waals surface area contributed by atoms with Crippen LogP contribution in [0.1, 0.15) is 30.2 Å². The Balaban J connectivity index is 2.20. The second kappa shape index (κ2) is 4.46. The summed E-state index contributed by atoms with van der Waals surface area (Å²) in [5.41, 5.74) is 5.47. The minimum Gasteiger partial charge on any atom is -0.313 e. The Morgan fingerprint density at radius 3 is 3.00 bits per heavy atom. The third-order valence-electron chi connectivity index (χ3n) is 3.59. The predicted molar refractivity (Wildman–Crippen MR) is 71.1 cm³/mol. The van der Waals surface area contributed by atoms with Gasteiger partial charge in [-0.2, -0.15) is 0 Å². The van der Waals surface area contributed by atoms with E-state index in [4.69, 9.17) is 4.98 Å². The molecule has 0 saturated carbocycles. The van der Waals surface area contributed by atoms with Crippen LogP contribution in [-0.2, 0) is 19.4 Å². The Hall–Kier alpha value is -1.41. The van der Waals surface area contributed by atoms with E-state index in [0.717, 1.165) is 25.0 Å². The van der Waals surface area contributed by atoms with E-state index in [2.05, 4.69) is 36.5 Å². The van der Waals surface area contributed by atoms with Crippen LogP contribution in [0.5, 0.6) is 0 Å². The molecule has 2 heteroatoms. The molecule has 0 fully saturated rings. The Morgan fingerprint density at radius 2 is 2.12 bits per heavy atom. The lowest BCUT2D eigenvalue weighted by atomic mass is 10.0. The lowest BCUT2D eigenvalue weighted by Gasteiger charge is -2.12. The van der Waals surface area contributed by atoms with Crippen LogP contribution in [-0.4, -0.2) is 11.5 Å². The van der Waals surface area contributed by atoms with Crippen molar-refractivity contribution in [1.82, 2.24) is 10.3 Å². The molecule has 0 saturated heterocycles. The highest BCUT2D eigenvalue weighted by Gasteiger charge is 2.18. The van der Waals surface area contributed by atoms with E-state index in [0.29, 0.717) is 0 Å². The van der Waals surface area contributed by atoms with Gasteiger partial charge < -0.3 is 5.32 Å². The summed E-state index contributed by atoms with van der Waals surface area (Å²) in [6.45, 7) is 4.15. The molecule has 1 aromatic heterocycles. The summed E-state index contributed by atoms with van der Waals surface area (Å²) < 4.78 is 0. The lowest BCUT2D eigenvalue weighted by Crippen LogP contribution is -2.14. The summed E-state index contributed by atoms with van der Waals surface area (Å²) in [5.74, 6) is 0. The molecule has 3 rings (SSSR count). The van der Waals surface area contributed by atoms with E-state index in [1.54, 1.807) is 0 Å². The first-order valence-electron chi connectivity index (χ1n) is 6.50. The number of rotatable bonds is 3. The van der Waals surface area contributed by atoms with Crippen molar-refractivity contribution in [3.63, 3.8) is 0 Å². The number of fused-ring (bicyclic) bond motifs is 2. The number of aromatic nitrogens is 1. The van der Waals surface area contributed by atoms with Gasteiger partial charge >= 0.3 is 0 Å².